The van der Waals surface area contributed by atoms with Crippen molar-refractivity contribution < 1.29 is 9.53 Å². The van der Waals surface area contributed by atoms with E-state index in [2.05, 4.69) is 21.8 Å². The first-order valence-electron chi connectivity index (χ1n) is 9.79. The summed E-state index contributed by atoms with van der Waals surface area (Å²) in [6.07, 6.45) is 5.66. The molecule has 0 unspecified atom stereocenters. The highest BCUT2D eigenvalue weighted by molar-refractivity contribution is 5.99. The first-order chi connectivity index (χ1) is 13.1. The van der Waals surface area contributed by atoms with Gasteiger partial charge in [-0.3, -0.25) is 4.79 Å². The maximum Gasteiger partial charge on any atom is 0.169 e. The molecule has 0 bridgehead atoms. The van der Waals surface area contributed by atoms with Crippen LogP contribution in [0.15, 0.2) is 18.5 Å². The molecular formula is C21H26N4O2. The van der Waals surface area contributed by atoms with Gasteiger partial charge in [0.1, 0.15) is 12.1 Å². The molecule has 0 radical (unpaired) electrons. The third-order valence-corrected chi connectivity index (χ3v) is 5.53. The van der Waals surface area contributed by atoms with Gasteiger partial charge in [0.2, 0.25) is 0 Å². The SMILES string of the molecule is Cc1cc(CC(=O)c2cc(N3CCC[C@H]3C)nc3c2CCOCC3)ncn1. The molecule has 0 N–H and O–H groups in total. The summed E-state index contributed by atoms with van der Waals surface area (Å²) in [5, 5.41) is 0. The van der Waals surface area contributed by atoms with Crippen LogP contribution in [0.4, 0.5) is 5.82 Å². The van der Waals surface area contributed by atoms with Gasteiger partial charge in [-0.05, 0) is 50.8 Å². The summed E-state index contributed by atoms with van der Waals surface area (Å²) in [7, 11) is 0. The number of ether oxygens (including phenoxy) is 1. The molecule has 0 spiro atoms. The van der Waals surface area contributed by atoms with Crippen LogP contribution in [0.25, 0.3) is 0 Å². The van der Waals surface area contributed by atoms with Crippen LogP contribution in [0.2, 0.25) is 0 Å². The zero-order chi connectivity index (χ0) is 18.8. The lowest BCUT2D eigenvalue weighted by Gasteiger charge is -2.25. The average molecular weight is 366 g/mol. The molecule has 2 aromatic heterocycles. The number of aryl methyl sites for hydroxylation is 1. The zero-order valence-corrected chi connectivity index (χ0v) is 16.1. The minimum atomic E-state index is 0.0988. The van der Waals surface area contributed by atoms with Gasteiger partial charge in [-0.15, -0.1) is 0 Å². The lowest BCUT2D eigenvalue weighted by atomic mass is 9.96. The number of aromatic nitrogens is 3. The van der Waals surface area contributed by atoms with E-state index in [0.717, 1.165) is 53.4 Å². The molecule has 0 aliphatic carbocycles. The van der Waals surface area contributed by atoms with Gasteiger partial charge in [0.25, 0.3) is 0 Å². The Bertz CT molecular complexity index is 852. The highest BCUT2D eigenvalue weighted by Crippen LogP contribution is 2.29. The number of rotatable bonds is 4. The van der Waals surface area contributed by atoms with Crippen LogP contribution in [0, 0.1) is 6.92 Å². The Balaban J connectivity index is 1.71. The third kappa shape index (κ3) is 3.86. The first kappa shape index (κ1) is 18.0. The van der Waals surface area contributed by atoms with Crippen molar-refractivity contribution in [3.05, 3.63) is 46.7 Å². The van der Waals surface area contributed by atoms with Crippen LogP contribution in [0.1, 0.15) is 52.8 Å². The Morgan fingerprint density at radius 2 is 2.11 bits per heavy atom. The van der Waals surface area contributed by atoms with E-state index in [1.54, 1.807) is 0 Å². The largest absolute Gasteiger partial charge is 0.381 e. The van der Waals surface area contributed by atoms with E-state index < -0.39 is 0 Å². The summed E-state index contributed by atoms with van der Waals surface area (Å²) in [6, 6.07) is 4.34. The van der Waals surface area contributed by atoms with E-state index in [1.165, 1.54) is 19.2 Å². The molecule has 4 heterocycles. The highest BCUT2D eigenvalue weighted by atomic mass is 16.5. The quantitative estimate of drug-likeness (QED) is 0.775. The maximum absolute atomic E-state index is 13.2. The normalized spacial score (nSPS) is 19.6. The third-order valence-electron chi connectivity index (χ3n) is 5.53. The summed E-state index contributed by atoms with van der Waals surface area (Å²) in [5.41, 5.74) is 4.50. The molecule has 2 aliphatic heterocycles. The molecule has 1 saturated heterocycles. The molecule has 142 valence electrons. The molecular weight excluding hydrogens is 340 g/mol. The fourth-order valence-electron chi connectivity index (χ4n) is 4.08. The van der Waals surface area contributed by atoms with E-state index in [9.17, 15) is 4.79 Å². The smallest absolute Gasteiger partial charge is 0.169 e. The fourth-order valence-corrected chi connectivity index (χ4v) is 4.08. The summed E-state index contributed by atoms with van der Waals surface area (Å²) in [5.74, 6) is 1.03. The molecule has 2 aromatic rings. The molecule has 0 saturated carbocycles. The number of fused-ring (bicyclic) bond motifs is 1. The monoisotopic (exact) mass is 366 g/mol. The Kier molecular flexibility index (Phi) is 5.16. The Labute approximate surface area is 160 Å². The maximum atomic E-state index is 13.2. The topological polar surface area (TPSA) is 68.2 Å². The van der Waals surface area contributed by atoms with Gasteiger partial charge in [0.15, 0.2) is 5.78 Å². The van der Waals surface area contributed by atoms with Crippen LogP contribution in [0.3, 0.4) is 0 Å². The van der Waals surface area contributed by atoms with Crippen molar-refractivity contribution in [3.8, 4) is 0 Å². The van der Waals surface area contributed by atoms with E-state index in [1.807, 2.05) is 19.1 Å². The average Bonchev–Trinajstić information content (AvgIpc) is 2.93. The van der Waals surface area contributed by atoms with Crippen molar-refractivity contribution in [1.29, 1.82) is 0 Å². The molecule has 4 rings (SSSR count). The van der Waals surface area contributed by atoms with Gasteiger partial charge < -0.3 is 9.64 Å². The number of carbonyl (C=O) groups is 1. The molecule has 0 amide bonds. The molecule has 1 fully saturated rings. The van der Waals surface area contributed by atoms with E-state index in [0.29, 0.717) is 19.3 Å². The highest BCUT2D eigenvalue weighted by Gasteiger charge is 2.26. The Morgan fingerprint density at radius 1 is 1.26 bits per heavy atom. The minimum absolute atomic E-state index is 0.0988. The molecule has 0 aromatic carbocycles. The summed E-state index contributed by atoms with van der Waals surface area (Å²) in [4.78, 5) is 28.9. The predicted octanol–water partition coefficient (Wildman–Crippen LogP) is 2.71. The van der Waals surface area contributed by atoms with Crippen LogP contribution >= 0.6 is 0 Å². The minimum Gasteiger partial charge on any atom is -0.381 e. The second kappa shape index (κ2) is 7.72. The number of anilines is 1. The van der Waals surface area contributed by atoms with Gasteiger partial charge in [-0.25, -0.2) is 15.0 Å². The zero-order valence-electron chi connectivity index (χ0n) is 16.1. The number of carbonyl (C=O) groups excluding carboxylic acids is 1. The van der Waals surface area contributed by atoms with Crippen molar-refractivity contribution in [2.24, 2.45) is 0 Å². The van der Waals surface area contributed by atoms with Gasteiger partial charge in [0, 0.05) is 36.0 Å². The van der Waals surface area contributed by atoms with Crippen LogP contribution < -0.4 is 4.90 Å². The standard InChI is InChI=1S/C21H26N4O2/c1-14-10-16(23-13-22-14)11-20(26)18-12-21(25-7-3-4-15(25)2)24-19-6-9-27-8-5-17(18)19/h10,12-13,15H,3-9,11H2,1-2H3/t15-/m1/s1. The molecule has 27 heavy (non-hydrogen) atoms. The van der Waals surface area contributed by atoms with Crippen LogP contribution in [-0.2, 0) is 24.0 Å². The van der Waals surface area contributed by atoms with Crippen molar-refractivity contribution >= 4 is 11.6 Å². The fraction of sp³-hybridized carbons (Fsp3) is 0.524. The van der Waals surface area contributed by atoms with Gasteiger partial charge in [-0.1, -0.05) is 0 Å². The number of ketones is 1. The summed E-state index contributed by atoms with van der Waals surface area (Å²) in [6.45, 7) is 6.45. The van der Waals surface area contributed by atoms with Crippen LogP contribution in [0.5, 0.6) is 0 Å². The number of nitrogens with zero attached hydrogens (tertiary/aromatic N) is 4. The van der Waals surface area contributed by atoms with Crippen molar-refractivity contribution in [2.45, 2.75) is 52.0 Å². The predicted molar refractivity (Wildman–Crippen MR) is 103 cm³/mol. The lowest BCUT2D eigenvalue weighted by molar-refractivity contribution is 0.0990. The Hall–Kier alpha value is -2.34. The molecule has 2 aliphatic rings. The van der Waals surface area contributed by atoms with Gasteiger partial charge in [-0.2, -0.15) is 0 Å². The van der Waals surface area contributed by atoms with Crippen molar-refractivity contribution in [1.82, 2.24) is 15.0 Å². The number of pyridine rings is 1. The molecule has 1 atom stereocenters. The van der Waals surface area contributed by atoms with E-state index in [4.69, 9.17) is 9.72 Å². The van der Waals surface area contributed by atoms with E-state index >= 15 is 0 Å². The summed E-state index contributed by atoms with van der Waals surface area (Å²) >= 11 is 0. The summed E-state index contributed by atoms with van der Waals surface area (Å²) < 4.78 is 5.65. The molecule has 6 nitrogen and oxygen atoms in total. The number of hydrogen-bond donors (Lipinski definition) is 0. The second-order valence-corrected chi connectivity index (χ2v) is 7.50. The van der Waals surface area contributed by atoms with Gasteiger partial charge in [0.05, 0.1) is 25.3 Å². The number of hydrogen-bond acceptors (Lipinski definition) is 6. The van der Waals surface area contributed by atoms with Crippen molar-refractivity contribution in [3.63, 3.8) is 0 Å². The lowest BCUT2D eigenvalue weighted by Crippen LogP contribution is -2.28. The van der Waals surface area contributed by atoms with E-state index in [-0.39, 0.29) is 12.2 Å². The van der Waals surface area contributed by atoms with Gasteiger partial charge >= 0.3 is 0 Å². The van der Waals surface area contributed by atoms with Crippen LogP contribution in [-0.4, -0.2) is 46.5 Å². The Morgan fingerprint density at radius 3 is 2.89 bits per heavy atom. The first-order valence-corrected chi connectivity index (χ1v) is 9.79. The van der Waals surface area contributed by atoms with Crippen molar-refractivity contribution in [2.75, 3.05) is 24.7 Å². The molecule has 6 heteroatoms. The number of Topliss-reactive ketones (excluding diaryl/α,β-unsaturated/α-hetero) is 1. The second-order valence-electron chi connectivity index (χ2n) is 7.50.